The summed E-state index contributed by atoms with van der Waals surface area (Å²) in [4.78, 5) is 15.6. The summed E-state index contributed by atoms with van der Waals surface area (Å²) in [5, 5.41) is 3.84. The van der Waals surface area contributed by atoms with Crippen LogP contribution < -0.4 is 4.74 Å². The number of aromatic nitrogens is 2. The van der Waals surface area contributed by atoms with E-state index in [-0.39, 0.29) is 35.4 Å². The van der Waals surface area contributed by atoms with Crippen LogP contribution in [-0.2, 0) is 22.1 Å². The zero-order valence-corrected chi connectivity index (χ0v) is 18.1. The van der Waals surface area contributed by atoms with Crippen LogP contribution >= 0.6 is 0 Å². The van der Waals surface area contributed by atoms with E-state index in [1.165, 1.54) is 19.2 Å². The summed E-state index contributed by atoms with van der Waals surface area (Å²) in [6.45, 7) is 5.20. The number of nitrogens with zero attached hydrogens (tertiary/aromatic N) is 2. The van der Waals surface area contributed by atoms with Gasteiger partial charge >= 0.3 is 12.1 Å². The number of methoxy groups -OCH3 is 1. The summed E-state index contributed by atoms with van der Waals surface area (Å²) in [6.07, 6.45) is -4.21. The van der Waals surface area contributed by atoms with Gasteiger partial charge in [-0.15, -0.1) is 0 Å². The van der Waals surface area contributed by atoms with Crippen molar-refractivity contribution in [3.63, 3.8) is 0 Å². The van der Waals surface area contributed by atoms with Crippen molar-refractivity contribution in [2.45, 2.75) is 45.9 Å². The molecule has 1 heterocycles. The molecule has 0 bridgehead atoms. The Hall–Kier alpha value is -3.36. The molecule has 0 N–H and O–H groups in total. The predicted molar refractivity (Wildman–Crippen MR) is 111 cm³/mol. The van der Waals surface area contributed by atoms with Gasteiger partial charge in [0.25, 0.3) is 5.89 Å². The summed E-state index contributed by atoms with van der Waals surface area (Å²) in [7, 11) is 1.34. The molecule has 3 rings (SSSR count). The Balaban J connectivity index is 1.87. The number of benzene rings is 2. The van der Waals surface area contributed by atoms with E-state index in [1.54, 1.807) is 19.9 Å². The molecule has 2 aromatic carbocycles. The van der Waals surface area contributed by atoms with Gasteiger partial charge < -0.3 is 14.0 Å². The second-order valence-corrected chi connectivity index (χ2v) is 7.52. The monoisotopic (exact) mass is 448 g/mol. The maximum atomic E-state index is 13.5. The molecule has 170 valence electrons. The van der Waals surface area contributed by atoms with Crippen molar-refractivity contribution in [3.8, 4) is 28.6 Å². The van der Waals surface area contributed by atoms with Gasteiger partial charge in [0.15, 0.2) is 0 Å². The lowest BCUT2D eigenvalue weighted by Crippen LogP contribution is -2.13. The zero-order chi connectivity index (χ0) is 23.5. The second-order valence-electron chi connectivity index (χ2n) is 7.52. The Kier molecular flexibility index (Phi) is 6.86. The summed E-state index contributed by atoms with van der Waals surface area (Å²) in [5.74, 6) is -0.330. The number of ether oxygens (including phenoxy) is 2. The van der Waals surface area contributed by atoms with Crippen molar-refractivity contribution in [3.05, 3.63) is 53.1 Å². The van der Waals surface area contributed by atoms with E-state index >= 15 is 0 Å². The van der Waals surface area contributed by atoms with Gasteiger partial charge in [0.05, 0.1) is 18.8 Å². The molecular weight excluding hydrogens is 425 g/mol. The molecule has 0 aliphatic rings. The minimum Gasteiger partial charge on any atom is -0.490 e. The highest BCUT2D eigenvalue weighted by Crippen LogP contribution is 2.39. The van der Waals surface area contributed by atoms with Crippen LogP contribution in [0.1, 0.15) is 37.0 Å². The normalized spacial score (nSPS) is 11.6. The largest absolute Gasteiger partial charge is 0.490 e. The fraction of sp³-hybridized carbons (Fsp3) is 0.348. The molecule has 6 nitrogen and oxygen atoms in total. The van der Waals surface area contributed by atoms with Crippen molar-refractivity contribution in [2.24, 2.45) is 0 Å². The van der Waals surface area contributed by atoms with Gasteiger partial charge in [-0.3, -0.25) is 4.79 Å². The number of alkyl halides is 3. The number of carbonyl (C=O) groups is 1. The van der Waals surface area contributed by atoms with Crippen LogP contribution in [-0.4, -0.2) is 29.3 Å². The van der Waals surface area contributed by atoms with Gasteiger partial charge in [-0.25, -0.2) is 0 Å². The van der Waals surface area contributed by atoms with Gasteiger partial charge in [0.2, 0.25) is 5.82 Å². The molecule has 0 amide bonds. The Morgan fingerprint density at radius 2 is 1.84 bits per heavy atom. The van der Waals surface area contributed by atoms with Gasteiger partial charge in [-0.2, -0.15) is 18.2 Å². The lowest BCUT2D eigenvalue weighted by Gasteiger charge is -2.16. The molecule has 3 aromatic rings. The van der Waals surface area contributed by atoms with Crippen molar-refractivity contribution in [1.29, 1.82) is 0 Å². The van der Waals surface area contributed by atoms with E-state index in [0.717, 1.165) is 17.2 Å². The molecule has 0 aliphatic heterocycles. The first-order chi connectivity index (χ1) is 15.1. The van der Waals surface area contributed by atoms with Gasteiger partial charge in [0.1, 0.15) is 5.75 Å². The summed E-state index contributed by atoms with van der Waals surface area (Å²) in [5.41, 5.74) is 1.77. The van der Waals surface area contributed by atoms with Crippen LogP contribution in [0.25, 0.3) is 22.8 Å². The SMILES string of the molecule is COC(=O)CCc1ccc(-c2nc(-c3ccc(OC(C)C)c(C(F)(F)F)c3)no2)cc1C. The molecule has 0 aliphatic carbocycles. The molecule has 0 saturated heterocycles. The van der Waals surface area contributed by atoms with E-state index in [4.69, 9.17) is 9.26 Å². The standard InChI is InChI=1S/C23H23F3N2O4/c1-13(2)31-19-9-7-16(12-18(19)23(24,25)26)21-27-22(32-28-21)17-6-5-15(14(3)11-17)8-10-20(29)30-4/h5-7,9,11-13H,8,10H2,1-4H3. The van der Waals surface area contributed by atoms with Crippen LogP contribution in [0.2, 0.25) is 0 Å². The lowest BCUT2D eigenvalue weighted by atomic mass is 10.0. The fourth-order valence-electron chi connectivity index (χ4n) is 3.15. The summed E-state index contributed by atoms with van der Waals surface area (Å²) < 4.78 is 55.8. The molecular formula is C23H23F3N2O4. The van der Waals surface area contributed by atoms with E-state index in [2.05, 4.69) is 14.9 Å². The van der Waals surface area contributed by atoms with Crippen LogP contribution in [0, 0.1) is 6.92 Å². The van der Waals surface area contributed by atoms with Crippen LogP contribution in [0.3, 0.4) is 0 Å². The second kappa shape index (κ2) is 9.42. The van der Waals surface area contributed by atoms with Crippen molar-refractivity contribution in [2.75, 3.05) is 7.11 Å². The molecule has 0 fully saturated rings. The Labute approximate surface area is 183 Å². The number of hydrogen-bond donors (Lipinski definition) is 0. The molecule has 0 saturated carbocycles. The maximum Gasteiger partial charge on any atom is 0.419 e. The lowest BCUT2D eigenvalue weighted by molar-refractivity contribution is -0.141. The molecule has 0 radical (unpaired) electrons. The van der Waals surface area contributed by atoms with E-state index in [9.17, 15) is 18.0 Å². The number of halogens is 3. The number of rotatable bonds is 7. The van der Waals surface area contributed by atoms with E-state index < -0.39 is 17.8 Å². The molecule has 0 atom stereocenters. The van der Waals surface area contributed by atoms with Gasteiger partial charge in [-0.05, 0) is 68.7 Å². The summed E-state index contributed by atoms with van der Waals surface area (Å²) in [6, 6.07) is 9.10. The first-order valence-corrected chi connectivity index (χ1v) is 9.97. The zero-order valence-electron chi connectivity index (χ0n) is 18.1. The van der Waals surface area contributed by atoms with Crippen LogP contribution in [0.4, 0.5) is 13.2 Å². The van der Waals surface area contributed by atoms with Gasteiger partial charge in [0, 0.05) is 17.5 Å². The molecule has 9 heteroatoms. The average Bonchev–Trinajstić information content (AvgIpc) is 3.22. The highest BCUT2D eigenvalue weighted by Gasteiger charge is 2.35. The Morgan fingerprint density at radius 3 is 2.47 bits per heavy atom. The topological polar surface area (TPSA) is 74.5 Å². The third kappa shape index (κ3) is 5.46. The summed E-state index contributed by atoms with van der Waals surface area (Å²) >= 11 is 0. The minimum absolute atomic E-state index is 0.0361. The minimum atomic E-state index is -4.59. The van der Waals surface area contributed by atoms with Gasteiger partial charge in [-0.1, -0.05) is 11.2 Å². The smallest absolute Gasteiger partial charge is 0.419 e. The quantitative estimate of drug-likeness (QED) is 0.437. The molecule has 0 unspecified atom stereocenters. The highest BCUT2D eigenvalue weighted by atomic mass is 19.4. The van der Waals surface area contributed by atoms with Crippen molar-refractivity contribution in [1.82, 2.24) is 10.1 Å². The number of aryl methyl sites for hydroxylation is 2. The predicted octanol–water partition coefficient (Wildman–Crippen LogP) is 5.62. The molecule has 0 spiro atoms. The number of hydrogen-bond acceptors (Lipinski definition) is 6. The first kappa shape index (κ1) is 23.3. The van der Waals surface area contributed by atoms with Crippen LogP contribution in [0.15, 0.2) is 40.9 Å². The maximum absolute atomic E-state index is 13.5. The van der Waals surface area contributed by atoms with Crippen molar-refractivity contribution < 1.29 is 32.0 Å². The third-order valence-corrected chi connectivity index (χ3v) is 4.75. The van der Waals surface area contributed by atoms with Crippen molar-refractivity contribution >= 4 is 5.97 Å². The Bertz CT molecular complexity index is 1110. The number of carbonyl (C=O) groups excluding carboxylic acids is 1. The Morgan fingerprint density at radius 1 is 1.12 bits per heavy atom. The average molecular weight is 448 g/mol. The third-order valence-electron chi connectivity index (χ3n) is 4.75. The van der Waals surface area contributed by atoms with Crippen LogP contribution in [0.5, 0.6) is 5.75 Å². The van der Waals surface area contributed by atoms with E-state index in [1.807, 2.05) is 19.1 Å². The fourth-order valence-corrected chi connectivity index (χ4v) is 3.15. The molecule has 32 heavy (non-hydrogen) atoms. The first-order valence-electron chi connectivity index (χ1n) is 9.97. The highest BCUT2D eigenvalue weighted by molar-refractivity contribution is 5.69. The molecule has 1 aromatic heterocycles. The van der Waals surface area contributed by atoms with E-state index in [0.29, 0.717) is 12.0 Å². The number of esters is 1.